The average Bonchev–Trinajstić information content (AvgIpc) is 2.72. The molecular formula is C16H17N. The predicted molar refractivity (Wildman–Crippen MR) is 74.5 cm³/mol. The van der Waals surface area contributed by atoms with Crippen LogP contribution in [-0.4, -0.2) is 4.98 Å². The van der Waals surface area contributed by atoms with Crippen molar-refractivity contribution in [3.05, 3.63) is 48.2 Å². The van der Waals surface area contributed by atoms with Crippen LogP contribution in [0.1, 0.15) is 26.5 Å². The molecule has 0 unspecified atom stereocenters. The fraction of sp³-hybridized carbons (Fsp3) is 0.250. The lowest BCUT2D eigenvalue weighted by Gasteiger charge is -2.15. The van der Waals surface area contributed by atoms with Gasteiger partial charge in [0.25, 0.3) is 0 Å². The predicted octanol–water partition coefficient (Wildman–Crippen LogP) is 4.62. The van der Waals surface area contributed by atoms with Gasteiger partial charge in [-0.2, -0.15) is 0 Å². The van der Waals surface area contributed by atoms with Crippen molar-refractivity contribution in [1.82, 2.24) is 4.98 Å². The molecule has 0 aliphatic carbocycles. The molecule has 1 aromatic heterocycles. The maximum Gasteiger partial charge on any atom is 0.0535 e. The molecule has 86 valence electrons. The van der Waals surface area contributed by atoms with E-state index in [-0.39, 0.29) is 5.41 Å². The Balaban J connectivity index is 2.39. The van der Waals surface area contributed by atoms with Crippen LogP contribution in [0.25, 0.3) is 21.7 Å². The number of aromatic nitrogens is 1. The molecule has 1 heteroatoms. The minimum atomic E-state index is 0.167. The maximum atomic E-state index is 3.58. The molecule has 1 nitrogen and oxygen atoms in total. The van der Waals surface area contributed by atoms with Crippen LogP contribution >= 0.6 is 0 Å². The van der Waals surface area contributed by atoms with E-state index in [1.54, 1.807) is 0 Å². The molecule has 0 saturated carbocycles. The second-order valence-electron chi connectivity index (χ2n) is 5.68. The fourth-order valence-corrected chi connectivity index (χ4v) is 2.28. The molecule has 0 aliphatic rings. The molecule has 0 amide bonds. The molecule has 0 aliphatic heterocycles. The second-order valence-corrected chi connectivity index (χ2v) is 5.68. The number of hydrogen-bond donors (Lipinski definition) is 1. The Morgan fingerprint density at radius 2 is 1.59 bits per heavy atom. The van der Waals surface area contributed by atoms with E-state index in [4.69, 9.17) is 0 Å². The summed E-state index contributed by atoms with van der Waals surface area (Å²) < 4.78 is 0. The van der Waals surface area contributed by atoms with Gasteiger partial charge in [-0.05, 0) is 11.5 Å². The van der Waals surface area contributed by atoms with Crippen molar-refractivity contribution in [3.8, 4) is 0 Å². The van der Waals surface area contributed by atoms with E-state index in [0.29, 0.717) is 0 Å². The molecule has 1 N–H and O–H groups in total. The number of H-pyrrole nitrogens is 1. The molecule has 17 heavy (non-hydrogen) atoms. The lowest BCUT2D eigenvalue weighted by Crippen LogP contribution is -2.10. The first-order valence-corrected chi connectivity index (χ1v) is 6.07. The molecule has 0 spiro atoms. The van der Waals surface area contributed by atoms with E-state index in [9.17, 15) is 0 Å². The van der Waals surface area contributed by atoms with Gasteiger partial charge in [-0.1, -0.05) is 57.2 Å². The van der Waals surface area contributed by atoms with Crippen molar-refractivity contribution in [3.63, 3.8) is 0 Å². The third kappa shape index (κ3) is 1.62. The molecule has 2 aromatic carbocycles. The van der Waals surface area contributed by atoms with Crippen molar-refractivity contribution in [2.24, 2.45) is 0 Å². The zero-order chi connectivity index (χ0) is 12.0. The summed E-state index contributed by atoms with van der Waals surface area (Å²) in [6.07, 6.45) is 0. The number of aromatic amines is 1. The highest BCUT2D eigenvalue weighted by Gasteiger charge is 2.16. The summed E-state index contributed by atoms with van der Waals surface area (Å²) in [5.41, 5.74) is 2.72. The molecule has 3 rings (SSSR count). The molecule has 0 bridgehead atoms. The van der Waals surface area contributed by atoms with Gasteiger partial charge in [0.05, 0.1) is 5.52 Å². The number of benzene rings is 2. The highest BCUT2D eigenvalue weighted by atomic mass is 14.7. The van der Waals surface area contributed by atoms with Crippen molar-refractivity contribution >= 4 is 21.7 Å². The number of hydrogen-bond acceptors (Lipinski definition) is 0. The van der Waals surface area contributed by atoms with E-state index in [0.717, 1.165) is 0 Å². The summed E-state index contributed by atoms with van der Waals surface area (Å²) >= 11 is 0. The van der Waals surface area contributed by atoms with Gasteiger partial charge in [-0.25, -0.2) is 0 Å². The van der Waals surface area contributed by atoms with E-state index < -0.39 is 0 Å². The van der Waals surface area contributed by atoms with E-state index in [1.165, 1.54) is 27.4 Å². The van der Waals surface area contributed by atoms with E-state index >= 15 is 0 Å². The number of nitrogens with one attached hydrogen (secondary N) is 1. The fourth-order valence-electron chi connectivity index (χ4n) is 2.28. The van der Waals surface area contributed by atoms with Crippen LogP contribution in [0.4, 0.5) is 0 Å². The lowest BCUT2D eigenvalue weighted by molar-refractivity contribution is 0.574. The van der Waals surface area contributed by atoms with Crippen molar-refractivity contribution in [2.75, 3.05) is 0 Å². The normalized spacial score (nSPS) is 12.4. The van der Waals surface area contributed by atoms with Gasteiger partial charge in [-0.15, -0.1) is 0 Å². The van der Waals surface area contributed by atoms with Crippen LogP contribution in [0.15, 0.2) is 42.5 Å². The minimum absolute atomic E-state index is 0.167. The molecule has 0 saturated heterocycles. The van der Waals surface area contributed by atoms with Crippen LogP contribution in [0.5, 0.6) is 0 Å². The van der Waals surface area contributed by atoms with Crippen molar-refractivity contribution in [1.29, 1.82) is 0 Å². The minimum Gasteiger partial charge on any atom is -0.357 e. The van der Waals surface area contributed by atoms with Gasteiger partial charge in [0, 0.05) is 21.9 Å². The highest BCUT2D eigenvalue weighted by Crippen LogP contribution is 2.30. The van der Waals surface area contributed by atoms with Gasteiger partial charge in [-0.3, -0.25) is 0 Å². The Hall–Kier alpha value is -1.76. The summed E-state index contributed by atoms with van der Waals surface area (Å²) in [5.74, 6) is 0. The van der Waals surface area contributed by atoms with E-state index in [2.05, 4.69) is 68.2 Å². The Morgan fingerprint density at radius 1 is 0.882 bits per heavy atom. The van der Waals surface area contributed by atoms with Gasteiger partial charge in [0.1, 0.15) is 0 Å². The summed E-state index contributed by atoms with van der Waals surface area (Å²) in [4.78, 5) is 3.58. The first kappa shape index (κ1) is 10.4. The van der Waals surface area contributed by atoms with E-state index in [1.807, 2.05) is 0 Å². The Labute approximate surface area is 101 Å². The largest absolute Gasteiger partial charge is 0.357 e. The molecule has 0 fully saturated rings. The molecular weight excluding hydrogens is 206 g/mol. The summed E-state index contributed by atoms with van der Waals surface area (Å²) in [6, 6.07) is 15.2. The monoisotopic (exact) mass is 223 g/mol. The molecule has 3 aromatic rings. The van der Waals surface area contributed by atoms with Gasteiger partial charge in [0.2, 0.25) is 0 Å². The third-order valence-corrected chi connectivity index (χ3v) is 3.33. The van der Waals surface area contributed by atoms with Crippen molar-refractivity contribution in [2.45, 2.75) is 26.2 Å². The van der Waals surface area contributed by atoms with Crippen LogP contribution in [0, 0.1) is 0 Å². The zero-order valence-electron chi connectivity index (χ0n) is 10.5. The topological polar surface area (TPSA) is 15.8 Å². The molecule has 0 atom stereocenters. The third-order valence-electron chi connectivity index (χ3n) is 3.33. The summed E-state index contributed by atoms with van der Waals surface area (Å²) in [7, 11) is 0. The second kappa shape index (κ2) is 3.36. The smallest absolute Gasteiger partial charge is 0.0535 e. The highest BCUT2D eigenvalue weighted by molar-refractivity contribution is 6.05. The summed E-state index contributed by atoms with van der Waals surface area (Å²) in [6.45, 7) is 6.71. The standard InChI is InChI=1S/C16H17N/c1-16(2,3)14-10-12-9-8-11-6-4-5-7-13(11)15(12)17-14/h4-10,17H,1-3H3. The van der Waals surface area contributed by atoms with Crippen LogP contribution in [0.2, 0.25) is 0 Å². The lowest BCUT2D eigenvalue weighted by atomic mass is 9.92. The summed E-state index contributed by atoms with van der Waals surface area (Å²) in [5, 5.41) is 3.90. The average molecular weight is 223 g/mol. The Morgan fingerprint density at radius 3 is 2.35 bits per heavy atom. The molecule has 0 radical (unpaired) electrons. The maximum absolute atomic E-state index is 3.58. The Kier molecular flexibility index (Phi) is 2.06. The van der Waals surface area contributed by atoms with Crippen molar-refractivity contribution < 1.29 is 0 Å². The van der Waals surface area contributed by atoms with Crippen LogP contribution < -0.4 is 0 Å². The number of rotatable bonds is 0. The molecule has 1 heterocycles. The van der Waals surface area contributed by atoms with Crippen LogP contribution in [-0.2, 0) is 5.41 Å². The van der Waals surface area contributed by atoms with Gasteiger partial charge < -0.3 is 4.98 Å². The SMILES string of the molecule is CC(C)(C)c1cc2ccc3ccccc3c2[nH]1. The van der Waals surface area contributed by atoms with Gasteiger partial charge >= 0.3 is 0 Å². The quantitative estimate of drug-likeness (QED) is 0.572. The number of fused-ring (bicyclic) bond motifs is 3. The zero-order valence-corrected chi connectivity index (χ0v) is 10.5. The van der Waals surface area contributed by atoms with Gasteiger partial charge in [0.15, 0.2) is 0 Å². The first-order chi connectivity index (χ1) is 8.05. The van der Waals surface area contributed by atoms with Crippen LogP contribution in [0.3, 0.4) is 0 Å². The first-order valence-electron chi connectivity index (χ1n) is 6.07. The Bertz CT molecular complexity index is 683.